The molecule has 34 heavy (non-hydrogen) atoms. The number of halogens is 1. The first-order valence-corrected chi connectivity index (χ1v) is 12.2. The van der Waals surface area contributed by atoms with Crippen LogP contribution in [0.25, 0.3) is 0 Å². The number of hydrogen-bond acceptors (Lipinski definition) is 5. The summed E-state index contributed by atoms with van der Waals surface area (Å²) in [5.41, 5.74) is 0.667. The van der Waals surface area contributed by atoms with Crippen molar-refractivity contribution in [3.05, 3.63) is 59.0 Å². The van der Waals surface area contributed by atoms with Gasteiger partial charge in [0.1, 0.15) is 23.9 Å². The highest BCUT2D eigenvalue weighted by Gasteiger charge is 2.51. The fourth-order valence-corrected chi connectivity index (χ4v) is 5.26. The van der Waals surface area contributed by atoms with E-state index in [0.29, 0.717) is 35.8 Å². The van der Waals surface area contributed by atoms with Gasteiger partial charge in [-0.2, -0.15) is 5.10 Å². The summed E-state index contributed by atoms with van der Waals surface area (Å²) in [5, 5.41) is 9.44. The largest absolute Gasteiger partial charge is 0.467 e. The highest BCUT2D eigenvalue weighted by molar-refractivity contribution is 6.30. The summed E-state index contributed by atoms with van der Waals surface area (Å²) in [6.07, 6.45) is 8.23. The average Bonchev–Trinajstić information content (AvgIpc) is 3.53. The van der Waals surface area contributed by atoms with E-state index < -0.39 is 23.5 Å². The molecule has 2 aromatic rings. The zero-order valence-electron chi connectivity index (χ0n) is 18.8. The number of benzene rings is 1. The maximum atomic E-state index is 13.4. The van der Waals surface area contributed by atoms with Gasteiger partial charge in [-0.15, -0.1) is 0 Å². The van der Waals surface area contributed by atoms with E-state index in [2.05, 4.69) is 10.4 Å². The van der Waals surface area contributed by atoms with Gasteiger partial charge in [0, 0.05) is 11.4 Å². The highest BCUT2D eigenvalue weighted by atomic mass is 35.5. The molecule has 1 aromatic carbocycles. The van der Waals surface area contributed by atoms with E-state index in [1.165, 1.54) is 5.01 Å². The number of imide groups is 1. The molecule has 2 aliphatic heterocycles. The van der Waals surface area contributed by atoms with Gasteiger partial charge in [0.2, 0.25) is 0 Å². The predicted octanol–water partition coefficient (Wildman–Crippen LogP) is 4.65. The molecule has 2 fully saturated rings. The maximum absolute atomic E-state index is 13.4. The summed E-state index contributed by atoms with van der Waals surface area (Å²) in [4.78, 5) is 40.6. The van der Waals surface area contributed by atoms with E-state index in [-0.39, 0.29) is 12.5 Å². The van der Waals surface area contributed by atoms with Gasteiger partial charge in [0.05, 0.1) is 12.0 Å². The average molecular weight is 483 g/mol. The van der Waals surface area contributed by atoms with E-state index >= 15 is 0 Å². The summed E-state index contributed by atoms with van der Waals surface area (Å²) < 4.78 is 5.58. The second-order valence-electron chi connectivity index (χ2n) is 9.20. The Kier molecular flexibility index (Phi) is 6.16. The minimum atomic E-state index is -0.888. The number of hydrogen-bond donors (Lipinski definition) is 1. The number of carbonyl (C=O) groups is 3. The Bertz CT molecular complexity index is 1100. The zero-order chi connectivity index (χ0) is 23.7. The van der Waals surface area contributed by atoms with Crippen LogP contribution in [-0.4, -0.2) is 45.5 Å². The second kappa shape index (κ2) is 9.25. The van der Waals surface area contributed by atoms with Crippen molar-refractivity contribution in [1.82, 2.24) is 15.2 Å². The van der Waals surface area contributed by atoms with Crippen LogP contribution >= 0.6 is 11.6 Å². The molecular formula is C25H27ClN4O4. The van der Waals surface area contributed by atoms with E-state index in [9.17, 15) is 14.4 Å². The first kappa shape index (κ1) is 22.7. The van der Waals surface area contributed by atoms with Crippen LogP contribution in [0.3, 0.4) is 0 Å². The fraction of sp³-hybridized carbons (Fsp3) is 0.440. The Morgan fingerprint density at radius 1 is 1.09 bits per heavy atom. The molecular weight excluding hydrogens is 456 g/mol. The van der Waals surface area contributed by atoms with Crippen LogP contribution < -0.4 is 5.32 Å². The van der Waals surface area contributed by atoms with Crippen molar-refractivity contribution in [2.24, 2.45) is 5.10 Å². The van der Waals surface area contributed by atoms with Crippen LogP contribution in [0.2, 0.25) is 5.02 Å². The Labute approximate surface area is 202 Å². The topological polar surface area (TPSA) is 95.2 Å². The summed E-state index contributed by atoms with van der Waals surface area (Å²) in [7, 11) is 0. The lowest BCUT2D eigenvalue weighted by atomic mass is 9.84. The van der Waals surface area contributed by atoms with Crippen LogP contribution in [0, 0.1) is 0 Å². The standard InChI is InChI=1S/C25H27ClN4O4/c26-18-10-8-17(9-11-18)19-15-20(21-7-6-14-34-21)30(28-19)22(31)16-29-23(32)25(27-24(29)33)12-4-2-1-3-5-13-25/h6-11,14,20H,1-5,12-13,15-16H2,(H,27,33)/t20-/m1/s1. The third-order valence-electron chi connectivity index (χ3n) is 6.96. The van der Waals surface area contributed by atoms with Crippen LogP contribution in [0.1, 0.15) is 68.7 Å². The third-order valence-corrected chi connectivity index (χ3v) is 7.21. The molecule has 5 rings (SSSR count). The van der Waals surface area contributed by atoms with Crippen LogP contribution in [0.15, 0.2) is 52.2 Å². The number of hydrazone groups is 1. The quantitative estimate of drug-likeness (QED) is 0.642. The molecule has 1 spiro atoms. The fourth-order valence-electron chi connectivity index (χ4n) is 5.13. The van der Waals surface area contributed by atoms with E-state index in [4.69, 9.17) is 16.0 Å². The lowest BCUT2D eigenvalue weighted by molar-refractivity contribution is -0.140. The monoisotopic (exact) mass is 482 g/mol. The van der Waals surface area contributed by atoms with Gasteiger partial charge in [-0.25, -0.2) is 9.80 Å². The molecule has 4 amide bonds. The molecule has 178 valence electrons. The summed E-state index contributed by atoms with van der Waals surface area (Å²) in [6.45, 7) is -0.360. The van der Waals surface area contributed by atoms with Gasteiger partial charge in [-0.05, 0) is 42.7 Å². The SMILES string of the molecule is O=C1NC2(CCCCCCC2)C(=O)N1CC(=O)N1N=C(c2ccc(Cl)cc2)C[C@@H]1c1ccco1. The smallest absolute Gasteiger partial charge is 0.325 e. The van der Waals surface area contributed by atoms with Crippen molar-refractivity contribution in [3.8, 4) is 0 Å². The van der Waals surface area contributed by atoms with Crippen LogP contribution in [-0.2, 0) is 9.59 Å². The molecule has 1 saturated heterocycles. The lowest BCUT2D eigenvalue weighted by Crippen LogP contribution is -2.48. The highest BCUT2D eigenvalue weighted by Crippen LogP contribution is 2.35. The molecule has 0 radical (unpaired) electrons. The van der Waals surface area contributed by atoms with E-state index in [1.54, 1.807) is 30.5 Å². The minimum Gasteiger partial charge on any atom is -0.467 e. The number of rotatable bonds is 4. The lowest BCUT2D eigenvalue weighted by Gasteiger charge is -2.28. The van der Waals surface area contributed by atoms with Crippen molar-refractivity contribution in [2.45, 2.75) is 62.9 Å². The van der Waals surface area contributed by atoms with Crippen molar-refractivity contribution >= 4 is 35.2 Å². The molecule has 1 aromatic heterocycles. The van der Waals surface area contributed by atoms with Gasteiger partial charge >= 0.3 is 6.03 Å². The summed E-state index contributed by atoms with van der Waals surface area (Å²) >= 11 is 6.02. The second-order valence-corrected chi connectivity index (χ2v) is 9.63. The van der Waals surface area contributed by atoms with Gasteiger partial charge in [0.15, 0.2) is 0 Å². The van der Waals surface area contributed by atoms with E-state index in [0.717, 1.165) is 42.6 Å². The normalized spacial score (nSPS) is 22.5. The van der Waals surface area contributed by atoms with Crippen molar-refractivity contribution in [1.29, 1.82) is 0 Å². The van der Waals surface area contributed by atoms with Crippen molar-refractivity contribution in [2.75, 3.05) is 6.54 Å². The van der Waals surface area contributed by atoms with Crippen molar-refractivity contribution in [3.63, 3.8) is 0 Å². The Morgan fingerprint density at radius 3 is 2.47 bits per heavy atom. The molecule has 0 bridgehead atoms. The molecule has 3 heterocycles. The minimum absolute atomic E-state index is 0.302. The molecule has 1 atom stereocenters. The number of urea groups is 1. The first-order valence-electron chi connectivity index (χ1n) is 11.8. The van der Waals surface area contributed by atoms with Crippen molar-refractivity contribution < 1.29 is 18.8 Å². The summed E-state index contributed by atoms with van der Waals surface area (Å²) in [5.74, 6) is -0.144. The molecule has 3 aliphatic rings. The van der Waals surface area contributed by atoms with Gasteiger partial charge < -0.3 is 9.73 Å². The Morgan fingerprint density at radius 2 is 1.79 bits per heavy atom. The molecule has 8 nitrogen and oxygen atoms in total. The Balaban J connectivity index is 1.37. The van der Waals surface area contributed by atoms with Crippen LogP contribution in [0.4, 0.5) is 4.79 Å². The number of nitrogens with one attached hydrogen (secondary N) is 1. The van der Waals surface area contributed by atoms with E-state index in [1.807, 2.05) is 12.1 Å². The predicted molar refractivity (Wildman–Crippen MR) is 126 cm³/mol. The number of amides is 4. The number of carbonyl (C=O) groups excluding carboxylic acids is 3. The third kappa shape index (κ3) is 4.22. The molecule has 1 N–H and O–H groups in total. The number of furan rings is 1. The molecule has 1 saturated carbocycles. The Hall–Kier alpha value is -3.13. The van der Waals surface area contributed by atoms with Crippen LogP contribution in [0.5, 0.6) is 0 Å². The first-order chi connectivity index (χ1) is 16.5. The zero-order valence-corrected chi connectivity index (χ0v) is 19.6. The molecule has 9 heteroatoms. The van der Waals surface area contributed by atoms with Gasteiger partial charge in [0.25, 0.3) is 11.8 Å². The molecule has 0 unspecified atom stereocenters. The summed E-state index contributed by atoms with van der Waals surface area (Å²) in [6, 6.07) is 9.84. The number of nitrogens with zero attached hydrogens (tertiary/aromatic N) is 3. The maximum Gasteiger partial charge on any atom is 0.325 e. The van der Waals surface area contributed by atoms with Gasteiger partial charge in [-0.1, -0.05) is 55.8 Å². The van der Waals surface area contributed by atoms with Gasteiger partial charge in [-0.3, -0.25) is 14.5 Å². The molecule has 1 aliphatic carbocycles.